The van der Waals surface area contributed by atoms with E-state index < -0.39 is 84.1 Å². The lowest BCUT2D eigenvalue weighted by atomic mass is 9.93. The molecule has 21 heteroatoms. The van der Waals surface area contributed by atoms with E-state index in [0.29, 0.717) is 57.9 Å². The van der Waals surface area contributed by atoms with E-state index in [-0.39, 0.29) is 49.5 Å². The fourth-order valence-corrected chi connectivity index (χ4v) is 6.28. The standard InChI is InChI=1S/C40H62N4O17/c1-22(2)30(43-38(54)61-40(4,5)6)27(45)19-23(3)35(51)42-26-8-7-24(20-28(26)59-37-33(50)31(48)32(49)34(60-37)36(52)53)21-58-39(55)44-13-9-25(10-14-44)41-12-16-57-18-17-56-15-11-29(46)47/h7-8,20,22-23,25,30-34,37,41,48-50H,9-19,21H2,1-6H3,(H,42,51)(H,43,54)(H,46,47)(H,52,53)/t23-,30+,31+,32+,33-,34+,37-/m1/s1. The predicted octanol–water partition coefficient (Wildman–Crippen LogP) is 1.24. The van der Waals surface area contributed by atoms with Crippen LogP contribution in [0, 0.1) is 11.8 Å². The number of piperidine rings is 1. The van der Waals surface area contributed by atoms with E-state index in [1.54, 1.807) is 39.5 Å². The summed E-state index contributed by atoms with van der Waals surface area (Å²) in [7, 11) is 0. The van der Waals surface area contributed by atoms with Crippen LogP contribution in [0.5, 0.6) is 5.75 Å². The van der Waals surface area contributed by atoms with Crippen molar-refractivity contribution in [3.05, 3.63) is 23.8 Å². The fourth-order valence-electron chi connectivity index (χ4n) is 6.28. The Balaban J connectivity index is 1.64. The Morgan fingerprint density at radius 3 is 2.16 bits per heavy atom. The zero-order valence-electron chi connectivity index (χ0n) is 35.5. The summed E-state index contributed by atoms with van der Waals surface area (Å²) >= 11 is 0. The molecule has 0 aromatic heterocycles. The van der Waals surface area contributed by atoms with Gasteiger partial charge in [-0.25, -0.2) is 14.4 Å². The van der Waals surface area contributed by atoms with E-state index in [9.17, 15) is 49.2 Å². The number of ether oxygens (including phenoxy) is 6. The van der Waals surface area contributed by atoms with E-state index in [4.69, 9.17) is 33.5 Å². The van der Waals surface area contributed by atoms with Crippen LogP contribution in [0.25, 0.3) is 0 Å². The summed E-state index contributed by atoms with van der Waals surface area (Å²) in [5.74, 6) is -5.10. The molecule has 61 heavy (non-hydrogen) atoms. The lowest BCUT2D eigenvalue weighted by Crippen LogP contribution is -2.61. The number of alkyl carbamates (subject to hydrolysis) is 1. The first-order valence-electron chi connectivity index (χ1n) is 20.2. The molecular weight excluding hydrogens is 808 g/mol. The van der Waals surface area contributed by atoms with Gasteiger partial charge in [-0.1, -0.05) is 26.8 Å². The molecule has 0 saturated carbocycles. The first kappa shape index (κ1) is 50.7. The second kappa shape index (κ2) is 24.1. The largest absolute Gasteiger partial charge is 0.481 e. The maximum Gasteiger partial charge on any atom is 0.410 e. The van der Waals surface area contributed by atoms with Gasteiger partial charge >= 0.3 is 24.1 Å². The number of hydrogen-bond donors (Lipinski definition) is 8. The van der Waals surface area contributed by atoms with Gasteiger partial charge in [0.25, 0.3) is 0 Å². The maximum atomic E-state index is 13.5. The summed E-state index contributed by atoms with van der Waals surface area (Å²) in [6, 6.07) is 3.45. The molecule has 7 atom stereocenters. The third kappa shape index (κ3) is 17.0. The fraction of sp³-hybridized carbons (Fsp3) is 0.700. The number of carboxylic acid groups (broad SMARTS) is 2. The minimum absolute atomic E-state index is 0.0148. The number of carbonyl (C=O) groups is 6. The van der Waals surface area contributed by atoms with Crippen molar-refractivity contribution in [3.63, 3.8) is 0 Å². The number of benzene rings is 1. The number of aliphatic hydroxyl groups excluding tert-OH is 3. The molecule has 2 aliphatic rings. The molecule has 21 nitrogen and oxygen atoms in total. The molecule has 0 aliphatic carbocycles. The lowest BCUT2D eigenvalue weighted by Gasteiger charge is -2.38. The van der Waals surface area contributed by atoms with E-state index in [1.165, 1.54) is 25.1 Å². The van der Waals surface area contributed by atoms with Crippen LogP contribution in [-0.2, 0) is 49.5 Å². The minimum atomic E-state index is -1.99. The highest BCUT2D eigenvalue weighted by Gasteiger charge is 2.48. The van der Waals surface area contributed by atoms with Gasteiger partial charge in [0.15, 0.2) is 11.9 Å². The van der Waals surface area contributed by atoms with E-state index >= 15 is 0 Å². The zero-order valence-corrected chi connectivity index (χ0v) is 35.5. The van der Waals surface area contributed by atoms with Crippen molar-refractivity contribution in [3.8, 4) is 5.75 Å². The molecule has 3 rings (SSSR count). The maximum absolute atomic E-state index is 13.5. The van der Waals surface area contributed by atoms with E-state index in [2.05, 4.69) is 16.0 Å². The first-order valence-corrected chi connectivity index (χ1v) is 20.2. The third-order valence-corrected chi connectivity index (χ3v) is 9.63. The van der Waals surface area contributed by atoms with Crippen LogP contribution in [0.1, 0.15) is 72.8 Å². The molecule has 0 unspecified atom stereocenters. The molecule has 1 aromatic rings. The number of nitrogens with one attached hydrogen (secondary N) is 3. The van der Waals surface area contributed by atoms with Crippen LogP contribution in [-0.4, -0.2) is 161 Å². The average molecular weight is 871 g/mol. The molecule has 344 valence electrons. The summed E-state index contributed by atoms with van der Waals surface area (Å²) in [6.45, 7) is 12.3. The molecule has 3 amide bonds. The van der Waals surface area contributed by atoms with E-state index in [1.807, 2.05) is 0 Å². The number of anilines is 1. The topological polar surface area (TPSA) is 298 Å². The highest BCUT2D eigenvalue weighted by molar-refractivity contribution is 5.97. The normalized spacial score (nSPS) is 21.9. The van der Waals surface area contributed by atoms with Crippen molar-refractivity contribution in [2.45, 2.75) is 122 Å². The number of amides is 3. The summed E-state index contributed by atoms with van der Waals surface area (Å²) in [5.41, 5.74) is -0.468. The second-order valence-corrected chi connectivity index (χ2v) is 16.3. The monoisotopic (exact) mass is 870 g/mol. The Morgan fingerprint density at radius 1 is 0.902 bits per heavy atom. The quantitative estimate of drug-likeness (QED) is 0.0761. The van der Waals surface area contributed by atoms with Crippen LogP contribution >= 0.6 is 0 Å². The van der Waals surface area contributed by atoms with Crippen LogP contribution in [0.3, 0.4) is 0 Å². The van der Waals surface area contributed by atoms with Gasteiger partial charge in [0.1, 0.15) is 36.3 Å². The number of rotatable bonds is 22. The second-order valence-electron chi connectivity index (χ2n) is 16.3. The number of aliphatic hydroxyl groups is 3. The van der Waals surface area contributed by atoms with Gasteiger partial charge in [-0.2, -0.15) is 0 Å². The van der Waals surface area contributed by atoms with Gasteiger partial charge in [0, 0.05) is 38.0 Å². The molecule has 0 bridgehead atoms. The Kier molecular flexibility index (Phi) is 20.1. The van der Waals surface area contributed by atoms with Crippen molar-refractivity contribution in [1.29, 1.82) is 0 Å². The van der Waals surface area contributed by atoms with Gasteiger partial charge in [0.05, 0.1) is 44.6 Å². The molecule has 0 spiro atoms. The molecule has 2 fully saturated rings. The van der Waals surface area contributed by atoms with Crippen LogP contribution in [0.15, 0.2) is 18.2 Å². The van der Waals surface area contributed by atoms with Crippen molar-refractivity contribution in [2.24, 2.45) is 11.8 Å². The summed E-state index contributed by atoms with van der Waals surface area (Å²) in [4.78, 5) is 76.0. The first-order chi connectivity index (χ1) is 28.7. The Labute approximate surface area is 354 Å². The molecular formula is C40H62N4O17. The number of carbonyl (C=O) groups excluding carboxylic acids is 4. The minimum Gasteiger partial charge on any atom is -0.481 e. The van der Waals surface area contributed by atoms with Gasteiger partial charge in [0.2, 0.25) is 12.2 Å². The van der Waals surface area contributed by atoms with Gasteiger partial charge in [-0.3, -0.25) is 14.4 Å². The molecule has 2 heterocycles. The van der Waals surface area contributed by atoms with Crippen LogP contribution in [0.2, 0.25) is 0 Å². The Morgan fingerprint density at radius 2 is 1.56 bits per heavy atom. The predicted molar refractivity (Wildman–Crippen MR) is 213 cm³/mol. The van der Waals surface area contributed by atoms with Crippen molar-refractivity contribution in [1.82, 2.24) is 15.5 Å². The molecule has 1 aromatic carbocycles. The Bertz CT molecular complexity index is 1630. The zero-order chi connectivity index (χ0) is 45.4. The number of likely N-dealkylation sites (tertiary alicyclic amines) is 1. The molecule has 0 radical (unpaired) electrons. The van der Waals surface area contributed by atoms with Crippen molar-refractivity contribution in [2.75, 3.05) is 51.4 Å². The van der Waals surface area contributed by atoms with Gasteiger partial charge in [-0.05, 0) is 57.2 Å². The number of hydrogen-bond acceptors (Lipinski definition) is 16. The Hall–Kier alpha value is -4.64. The molecule has 8 N–H and O–H groups in total. The smallest absolute Gasteiger partial charge is 0.410 e. The average Bonchev–Trinajstić information content (AvgIpc) is 3.18. The number of carboxylic acids is 2. The third-order valence-electron chi connectivity index (χ3n) is 9.63. The van der Waals surface area contributed by atoms with Gasteiger partial charge < -0.3 is 74.8 Å². The van der Waals surface area contributed by atoms with Crippen LogP contribution in [0.4, 0.5) is 15.3 Å². The SMILES string of the molecule is CC(C)[C@H](NC(=O)OC(C)(C)C)C(=O)C[C@@H](C)C(=O)Nc1ccc(COC(=O)N2CCC(NCCOCCOCCC(=O)O)CC2)cc1O[C@@H]1O[C@H](C(=O)O)[C@@H](O)[C@H](O)[C@H]1O. The number of aliphatic carboxylic acids is 2. The highest BCUT2D eigenvalue weighted by Crippen LogP contribution is 2.32. The number of nitrogens with zero attached hydrogens (tertiary/aromatic N) is 1. The van der Waals surface area contributed by atoms with Crippen molar-refractivity contribution >= 4 is 41.5 Å². The molecule has 2 saturated heterocycles. The lowest BCUT2D eigenvalue weighted by molar-refractivity contribution is -0.271. The van der Waals surface area contributed by atoms with E-state index in [0.717, 1.165) is 0 Å². The number of Topliss-reactive ketones (excluding diaryl/α,β-unsaturated/α-hetero) is 1. The summed E-state index contributed by atoms with van der Waals surface area (Å²) in [6.07, 6.45) is -10.1. The van der Waals surface area contributed by atoms with Gasteiger partial charge in [-0.15, -0.1) is 0 Å². The summed E-state index contributed by atoms with van der Waals surface area (Å²) < 4.78 is 32.6. The molecule has 2 aliphatic heterocycles. The van der Waals surface area contributed by atoms with Crippen molar-refractivity contribution < 1.29 is 82.7 Å². The van der Waals surface area contributed by atoms with Crippen LogP contribution < -0.4 is 20.7 Å². The number of ketones is 1. The highest BCUT2D eigenvalue weighted by atomic mass is 16.7. The summed E-state index contributed by atoms with van der Waals surface area (Å²) in [5, 5.41) is 58.0.